The lowest BCUT2D eigenvalue weighted by atomic mass is 10.0. The summed E-state index contributed by atoms with van der Waals surface area (Å²) in [5.41, 5.74) is 3.57. The van der Waals surface area contributed by atoms with Crippen molar-refractivity contribution in [3.63, 3.8) is 0 Å². The van der Waals surface area contributed by atoms with Gasteiger partial charge < -0.3 is 14.8 Å². The second kappa shape index (κ2) is 11.6. The third-order valence-electron chi connectivity index (χ3n) is 4.64. The van der Waals surface area contributed by atoms with E-state index in [1.54, 1.807) is 30.3 Å². The van der Waals surface area contributed by atoms with Gasteiger partial charge in [-0.15, -0.1) is 0 Å². The molecule has 5 nitrogen and oxygen atoms in total. The van der Waals surface area contributed by atoms with Gasteiger partial charge in [-0.25, -0.2) is 0 Å². The molecule has 0 aliphatic rings. The van der Waals surface area contributed by atoms with E-state index >= 15 is 0 Å². The zero-order valence-electron chi connectivity index (χ0n) is 18.2. The first-order valence-electron chi connectivity index (χ1n) is 10.2. The minimum Gasteiger partial charge on any atom is -0.490 e. The topological polar surface area (TPSA) is 71.3 Å². The predicted molar refractivity (Wildman–Crippen MR) is 136 cm³/mol. The SMILES string of the molecule is CCOc1cc(C=C(C#N)c2ccccc2Cl)c(Br)cc1OCC(=O)Nc1ccc(C)cc1. The van der Waals surface area contributed by atoms with Gasteiger partial charge in [0.1, 0.15) is 0 Å². The number of aryl methyl sites for hydroxylation is 1. The summed E-state index contributed by atoms with van der Waals surface area (Å²) in [7, 11) is 0. The number of amides is 1. The van der Waals surface area contributed by atoms with Crippen LogP contribution in [-0.2, 0) is 4.79 Å². The highest BCUT2D eigenvalue weighted by atomic mass is 79.9. The number of nitriles is 1. The summed E-state index contributed by atoms with van der Waals surface area (Å²) in [6, 6.07) is 20.4. The number of nitrogens with zero attached hydrogens (tertiary/aromatic N) is 1. The molecule has 0 aliphatic heterocycles. The van der Waals surface area contributed by atoms with Crippen molar-refractivity contribution in [2.45, 2.75) is 13.8 Å². The van der Waals surface area contributed by atoms with E-state index in [1.165, 1.54) is 0 Å². The molecule has 0 spiro atoms. The van der Waals surface area contributed by atoms with Crippen LogP contribution in [0.1, 0.15) is 23.6 Å². The van der Waals surface area contributed by atoms with Crippen LogP contribution in [0.3, 0.4) is 0 Å². The Hall–Kier alpha value is -3.27. The molecule has 3 aromatic carbocycles. The molecule has 0 fully saturated rings. The Morgan fingerprint density at radius 2 is 1.82 bits per heavy atom. The fourth-order valence-electron chi connectivity index (χ4n) is 3.03. The van der Waals surface area contributed by atoms with Gasteiger partial charge in [0.25, 0.3) is 5.91 Å². The van der Waals surface area contributed by atoms with Gasteiger partial charge in [-0.05, 0) is 55.8 Å². The quantitative estimate of drug-likeness (QED) is 0.257. The van der Waals surface area contributed by atoms with E-state index in [-0.39, 0.29) is 12.5 Å². The molecule has 3 aromatic rings. The molecule has 0 aliphatic carbocycles. The summed E-state index contributed by atoms with van der Waals surface area (Å²) >= 11 is 9.79. The molecule has 3 rings (SSSR count). The maximum absolute atomic E-state index is 12.3. The van der Waals surface area contributed by atoms with E-state index in [4.69, 9.17) is 21.1 Å². The third-order valence-corrected chi connectivity index (χ3v) is 5.66. The Kier molecular flexibility index (Phi) is 8.53. The van der Waals surface area contributed by atoms with Crippen LogP contribution >= 0.6 is 27.5 Å². The van der Waals surface area contributed by atoms with Crippen LogP contribution in [0.25, 0.3) is 11.6 Å². The number of benzene rings is 3. The second-order valence-corrected chi connectivity index (χ2v) is 8.37. The van der Waals surface area contributed by atoms with E-state index in [0.29, 0.717) is 50.0 Å². The summed E-state index contributed by atoms with van der Waals surface area (Å²) in [6.07, 6.45) is 1.72. The Morgan fingerprint density at radius 1 is 1.12 bits per heavy atom. The first-order chi connectivity index (χ1) is 15.9. The lowest BCUT2D eigenvalue weighted by Crippen LogP contribution is -2.20. The highest BCUT2D eigenvalue weighted by Crippen LogP contribution is 2.36. The number of carbonyl (C=O) groups is 1. The number of allylic oxidation sites excluding steroid dienone is 1. The van der Waals surface area contributed by atoms with Gasteiger partial charge in [-0.1, -0.05) is 63.4 Å². The van der Waals surface area contributed by atoms with Crippen molar-refractivity contribution in [1.29, 1.82) is 5.26 Å². The van der Waals surface area contributed by atoms with Crippen LogP contribution in [-0.4, -0.2) is 19.1 Å². The molecular weight excluding hydrogens is 504 g/mol. The average Bonchev–Trinajstić information content (AvgIpc) is 2.80. The predicted octanol–water partition coefficient (Wildman–Crippen LogP) is 6.89. The highest BCUT2D eigenvalue weighted by molar-refractivity contribution is 9.10. The smallest absolute Gasteiger partial charge is 0.262 e. The number of hydrogen-bond acceptors (Lipinski definition) is 4. The van der Waals surface area contributed by atoms with Crippen molar-refractivity contribution in [2.75, 3.05) is 18.5 Å². The maximum Gasteiger partial charge on any atom is 0.262 e. The molecule has 33 heavy (non-hydrogen) atoms. The minimum atomic E-state index is -0.285. The van der Waals surface area contributed by atoms with Crippen molar-refractivity contribution in [3.05, 3.63) is 86.8 Å². The molecule has 1 amide bonds. The molecule has 1 N–H and O–H groups in total. The van der Waals surface area contributed by atoms with Crippen LogP contribution in [0.5, 0.6) is 11.5 Å². The number of anilines is 1. The molecule has 0 bridgehead atoms. The summed E-state index contributed by atoms with van der Waals surface area (Å²) in [6.45, 7) is 4.07. The van der Waals surface area contributed by atoms with Gasteiger partial charge in [0.05, 0.1) is 18.2 Å². The number of halogens is 2. The van der Waals surface area contributed by atoms with Crippen LogP contribution in [0.15, 0.2) is 65.1 Å². The first kappa shape index (κ1) is 24.4. The van der Waals surface area contributed by atoms with Crippen molar-refractivity contribution in [3.8, 4) is 17.6 Å². The molecule has 0 saturated heterocycles. The standard InChI is InChI=1S/C26H22BrClN2O3/c1-3-32-24-13-18(12-19(15-29)21-6-4-5-7-23(21)28)22(27)14-25(24)33-16-26(31)30-20-10-8-17(2)9-11-20/h4-14H,3,16H2,1-2H3,(H,30,31). The van der Waals surface area contributed by atoms with E-state index in [0.717, 1.165) is 5.56 Å². The summed E-state index contributed by atoms with van der Waals surface area (Å²) in [5, 5.41) is 13.0. The summed E-state index contributed by atoms with van der Waals surface area (Å²) in [4.78, 5) is 12.3. The average molecular weight is 526 g/mol. The molecule has 0 radical (unpaired) electrons. The third kappa shape index (κ3) is 6.61. The Labute approximate surface area is 206 Å². The van der Waals surface area contributed by atoms with Gasteiger partial charge >= 0.3 is 0 Å². The fraction of sp³-hybridized carbons (Fsp3) is 0.154. The lowest BCUT2D eigenvalue weighted by molar-refractivity contribution is -0.118. The largest absolute Gasteiger partial charge is 0.490 e. The van der Waals surface area contributed by atoms with Gasteiger partial charge in [-0.3, -0.25) is 4.79 Å². The number of nitrogens with one attached hydrogen (secondary N) is 1. The first-order valence-corrected chi connectivity index (χ1v) is 11.4. The Bertz CT molecular complexity index is 1220. The zero-order valence-corrected chi connectivity index (χ0v) is 20.5. The fourth-order valence-corrected chi connectivity index (χ4v) is 3.70. The van der Waals surface area contributed by atoms with Gasteiger partial charge in [0.15, 0.2) is 18.1 Å². The minimum absolute atomic E-state index is 0.182. The molecule has 0 unspecified atom stereocenters. The number of ether oxygens (including phenoxy) is 2. The van der Waals surface area contributed by atoms with Crippen LogP contribution < -0.4 is 14.8 Å². The van der Waals surface area contributed by atoms with Crippen molar-refractivity contribution < 1.29 is 14.3 Å². The Morgan fingerprint density at radius 3 is 2.48 bits per heavy atom. The number of hydrogen-bond donors (Lipinski definition) is 1. The summed E-state index contributed by atoms with van der Waals surface area (Å²) < 4.78 is 12.2. The number of rotatable bonds is 8. The molecule has 168 valence electrons. The van der Waals surface area contributed by atoms with E-state index < -0.39 is 0 Å². The van der Waals surface area contributed by atoms with Crippen molar-refractivity contribution >= 4 is 50.8 Å². The maximum atomic E-state index is 12.3. The molecule has 0 atom stereocenters. The molecule has 0 aromatic heterocycles. The lowest BCUT2D eigenvalue weighted by Gasteiger charge is -2.14. The van der Waals surface area contributed by atoms with Crippen LogP contribution in [0.2, 0.25) is 5.02 Å². The molecule has 0 saturated carbocycles. The van der Waals surface area contributed by atoms with E-state index in [1.807, 2.05) is 50.2 Å². The van der Waals surface area contributed by atoms with E-state index in [2.05, 4.69) is 27.3 Å². The van der Waals surface area contributed by atoms with E-state index in [9.17, 15) is 10.1 Å². The highest BCUT2D eigenvalue weighted by Gasteiger charge is 2.14. The molecule has 0 heterocycles. The molecule has 7 heteroatoms. The summed E-state index contributed by atoms with van der Waals surface area (Å²) in [5.74, 6) is 0.592. The normalized spacial score (nSPS) is 10.9. The van der Waals surface area contributed by atoms with Crippen LogP contribution in [0, 0.1) is 18.3 Å². The van der Waals surface area contributed by atoms with Gasteiger partial charge in [0, 0.05) is 20.7 Å². The monoisotopic (exact) mass is 524 g/mol. The van der Waals surface area contributed by atoms with Crippen LogP contribution in [0.4, 0.5) is 5.69 Å². The second-order valence-electron chi connectivity index (χ2n) is 7.11. The zero-order chi connectivity index (χ0) is 23.8. The van der Waals surface area contributed by atoms with Crippen molar-refractivity contribution in [1.82, 2.24) is 0 Å². The van der Waals surface area contributed by atoms with Gasteiger partial charge in [-0.2, -0.15) is 5.26 Å². The number of carbonyl (C=O) groups excluding carboxylic acids is 1. The molecular formula is C26H22BrClN2O3. The Balaban J connectivity index is 1.82. The van der Waals surface area contributed by atoms with Crippen molar-refractivity contribution in [2.24, 2.45) is 0 Å². The van der Waals surface area contributed by atoms with Gasteiger partial charge in [0.2, 0.25) is 0 Å².